The Bertz CT molecular complexity index is 480. The summed E-state index contributed by atoms with van der Waals surface area (Å²) in [5.74, 6) is -0.907. The molecule has 0 saturated heterocycles. The van der Waals surface area contributed by atoms with E-state index in [-0.39, 0.29) is 0 Å². The van der Waals surface area contributed by atoms with Gasteiger partial charge in [0.2, 0.25) is 0 Å². The topological polar surface area (TPSA) is 60.8 Å². The predicted molar refractivity (Wildman–Crippen MR) is 74.9 cm³/mol. The van der Waals surface area contributed by atoms with Crippen molar-refractivity contribution >= 4 is 11.7 Å². The van der Waals surface area contributed by atoms with Gasteiger partial charge in [0.25, 0.3) is 0 Å². The molecule has 0 aromatic heterocycles. The van der Waals surface area contributed by atoms with Crippen LogP contribution in [0.2, 0.25) is 0 Å². The Labute approximate surface area is 113 Å². The van der Waals surface area contributed by atoms with Gasteiger partial charge in [-0.1, -0.05) is 19.9 Å². The van der Waals surface area contributed by atoms with Crippen LogP contribution in [0, 0.1) is 0 Å². The summed E-state index contributed by atoms with van der Waals surface area (Å²) in [7, 11) is 0. The minimum atomic E-state index is -0.907. The molecule has 0 aliphatic carbocycles. The number of benzene rings is 1. The van der Waals surface area contributed by atoms with Gasteiger partial charge in [-0.15, -0.1) is 0 Å². The molecular formula is C15H21NO3. The second-order valence-electron chi connectivity index (χ2n) is 5.25. The van der Waals surface area contributed by atoms with Crippen LogP contribution < -0.4 is 4.90 Å². The summed E-state index contributed by atoms with van der Waals surface area (Å²) in [6, 6.07) is 5.25. The van der Waals surface area contributed by atoms with Crippen molar-refractivity contribution in [2.24, 2.45) is 0 Å². The summed E-state index contributed by atoms with van der Waals surface area (Å²) in [5, 5.41) is 19.5. The van der Waals surface area contributed by atoms with Gasteiger partial charge in [-0.2, -0.15) is 0 Å². The van der Waals surface area contributed by atoms with E-state index in [0.29, 0.717) is 24.9 Å². The molecule has 0 bridgehead atoms. The summed E-state index contributed by atoms with van der Waals surface area (Å²) in [4.78, 5) is 13.1. The number of aliphatic hydroxyl groups is 1. The molecule has 0 fully saturated rings. The average Bonchev–Trinajstić information content (AvgIpc) is 2.81. The zero-order valence-electron chi connectivity index (χ0n) is 11.5. The van der Waals surface area contributed by atoms with Crippen LogP contribution in [0.25, 0.3) is 0 Å². The number of anilines is 1. The van der Waals surface area contributed by atoms with E-state index in [9.17, 15) is 9.90 Å². The molecule has 1 heterocycles. The van der Waals surface area contributed by atoms with Crippen molar-refractivity contribution in [3.8, 4) is 0 Å². The van der Waals surface area contributed by atoms with E-state index in [1.807, 2.05) is 19.9 Å². The summed E-state index contributed by atoms with van der Waals surface area (Å²) >= 11 is 0. The van der Waals surface area contributed by atoms with E-state index < -0.39 is 11.6 Å². The van der Waals surface area contributed by atoms with Crippen molar-refractivity contribution in [2.45, 2.75) is 38.7 Å². The van der Waals surface area contributed by atoms with Crippen LogP contribution in [0.3, 0.4) is 0 Å². The first kappa shape index (κ1) is 13.9. The summed E-state index contributed by atoms with van der Waals surface area (Å²) in [6.45, 7) is 5.37. The van der Waals surface area contributed by atoms with E-state index in [1.54, 1.807) is 12.1 Å². The Morgan fingerprint density at radius 2 is 2.05 bits per heavy atom. The average molecular weight is 263 g/mol. The van der Waals surface area contributed by atoms with Gasteiger partial charge in [-0.25, -0.2) is 4.79 Å². The number of aromatic carboxylic acids is 1. The molecule has 0 spiro atoms. The number of fused-ring (bicyclic) bond motifs is 1. The Morgan fingerprint density at radius 1 is 1.37 bits per heavy atom. The third-order valence-electron chi connectivity index (χ3n) is 4.13. The Balaban J connectivity index is 2.25. The second-order valence-corrected chi connectivity index (χ2v) is 5.25. The molecule has 1 aromatic carbocycles. The van der Waals surface area contributed by atoms with Crippen molar-refractivity contribution in [2.75, 3.05) is 18.0 Å². The maximum atomic E-state index is 11.0. The minimum Gasteiger partial charge on any atom is -0.478 e. The molecule has 0 amide bonds. The molecule has 0 radical (unpaired) electrons. The molecule has 0 unspecified atom stereocenters. The number of carboxylic acid groups (broad SMARTS) is 1. The Kier molecular flexibility index (Phi) is 3.80. The van der Waals surface area contributed by atoms with Crippen LogP contribution in [0.15, 0.2) is 18.2 Å². The fourth-order valence-corrected chi connectivity index (χ4v) is 2.57. The highest BCUT2D eigenvalue weighted by Crippen LogP contribution is 2.31. The lowest BCUT2D eigenvalue weighted by Crippen LogP contribution is -2.41. The molecule has 0 saturated carbocycles. The molecule has 0 atom stereocenters. The zero-order chi connectivity index (χ0) is 14.0. The van der Waals surface area contributed by atoms with Gasteiger partial charge in [0, 0.05) is 18.8 Å². The van der Waals surface area contributed by atoms with Gasteiger partial charge < -0.3 is 15.1 Å². The van der Waals surface area contributed by atoms with Crippen LogP contribution in [0.4, 0.5) is 5.69 Å². The standard InChI is InChI=1S/C15H21NO3/c1-3-15(19,4-2)10-16-8-7-11-5-6-12(14(17)18)9-13(11)16/h5-6,9,19H,3-4,7-8,10H2,1-2H3,(H,17,18). The fraction of sp³-hybridized carbons (Fsp3) is 0.533. The Morgan fingerprint density at radius 3 is 2.63 bits per heavy atom. The number of carbonyl (C=O) groups is 1. The van der Waals surface area contributed by atoms with Crippen molar-refractivity contribution in [1.29, 1.82) is 0 Å². The van der Waals surface area contributed by atoms with Crippen LogP contribution in [-0.4, -0.2) is 34.9 Å². The van der Waals surface area contributed by atoms with Crippen molar-refractivity contribution in [3.63, 3.8) is 0 Å². The Hall–Kier alpha value is -1.55. The van der Waals surface area contributed by atoms with E-state index in [4.69, 9.17) is 5.11 Å². The molecular weight excluding hydrogens is 242 g/mol. The summed E-state index contributed by atoms with van der Waals surface area (Å²) in [6.07, 6.45) is 2.32. The van der Waals surface area contributed by atoms with Crippen LogP contribution in [0.5, 0.6) is 0 Å². The second kappa shape index (κ2) is 5.21. The maximum Gasteiger partial charge on any atom is 0.335 e. The van der Waals surface area contributed by atoms with Crippen molar-refractivity contribution < 1.29 is 15.0 Å². The number of rotatable bonds is 5. The fourth-order valence-electron chi connectivity index (χ4n) is 2.57. The van der Waals surface area contributed by atoms with E-state index >= 15 is 0 Å². The quantitative estimate of drug-likeness (QED) is 0.855. The van der Waals surface area contributed by atoms with Crippen LogP contribution in [-0.2, 0) is 6.42 Å². The van der Waals surface area contributed by atoms with Gasteiger partial charge in [-0.05, 0) is 37.0 Å². The molecule has 1 aliphatic heterocycles. The first-order chi connectivity index (χ1) is 8.99. The number of β-amino-alcohol motifs (C(OH)–C–C–N with tert-alkyl or cyclic N) is 1. The molecule has 104 valence electrons. The number of hydrogen-bond donors (Lipinski definition) is 2. The van der Waals surface area contributed by atoms with Gasteiger partial charge in [-0.3, -0.25) is 0 Å². The zero-order valence-corrected chi connectivity index (χ0v) is 11.5. The molecule has 1 aromatic rings. The van der Waals surface area contributed by atoms with Gasteiger partial charge in [0.05, 0.1) is 11.2 Å². The molecule has 4 nitrogen and oxygen atoms in total. The van der Waals surface area contributed by atoms with Crippen molar-refractivity contribution in [3.05, 3.63) is 29.3 Å². The first-order valence-electron chi connectivity index (χ1n) is 6.82. The highest BCUT2D eigenvalue weighted by atomic mass is 16.4. The highest BCUT2D eigenvalue weighted by molar-refractivity contribution is 5.89. The molecule has 2 rings (SSSR count). The third kappa shape index (κ3) is 2.73. The maximum absolute atomic E-state index is 11.0. The number of hydrogen-bond acceptors (Lipinski definition) is 3. The molecule has 4 heteroatoms. The normalized spacial score (nSPS) is 14.6. The lowest BCUT2D eigenvalue weighted by molar-refractivity contribution is 0.0397. The van der Waals surface area contributed by atoms with E-state index in [0.717, 1.165) is 18.7 Å². The highest BCUT2D eigenvalue weighted by Gasteiger charge is 2.29. The van der Waals surface area contributed by atoms with Gasteiger partial charge >= 0.3 is 5.97 Å². The van der Waals surface area contributed by atoms with Gasteiger partial charge in [0.1, 0.15) is 0 Å². The SMILES string of the molecule is CCC(O)(CC)CN1CCc2ccc(C(=O)O)cc21. The lowest BCUT2D eigenvalue weighted by atomic mass is 9.96. The predicted octanol–water partition coefficient (Wildman–Crippen LogP) is 2.30. The first-order valence-corrected chi connectivity index (χ1v) is 6.82. The molecule has 2 N–H and O–H groups in total. The molecule has 1 aliphatic rings. The van der Waals surface area contributed by atoms with Crippen LogP contribution >= 0.6 is 0 Å². The summed E-state index contributed by atoms with van der Waals surface area (Å²) < 4.78 is 0. The van der Waals surface area contributed by atoms with Gasteiger partial charge in [0.15, 0.2) is 0 Å². The summed E-state index contributed by atoms with van der Waals surface area (Å²) in [5.41, 5.74) is 1.74. The molecule has 19 heavy (non-hydrogen) atoms. The minimum absolute atomic E-state index is 0.308. The number of carboxylic acids is 1. The number of nitrogens with zero attached hydrogens (tertiary/aromatic N) is 1. The largest absolute Gasteiger partial charge is 0.478 e. The third-order valence-corrected chi connectivity index (χ3v) is 4.13. The van der Waals surface area contributed by atoms with Crippen LogP contribution in [0.1, 0.15) is 42.6 Å². The van der Waals surface area contributed by atoms with E-state index in [1.165, 1.54) is 5.56 Å². The van der Waals surface area contributed by atoms with E-state index in [2.05, 4.69) is 4.90 Å². The smallest absolute Gasteiger partial charge is 0.335 e. The van der Waals surface area contributed by atoms with Crippen molar-refractivity contribution in [1.82, 2.24) is 0 Å². The lowest BCUT2D eigenvalue weighted by Gasteiger charge is -2.32. The monoisotopic (exact) mass is 263 g/mol.